The second-order valence-corrected chi connectivity index (χ2v) is 6.51. The number of hydrogen-bond donors (Lipinski definition) is 2. The van der Waals surface area contributed by atoms with Crippen LogP contribution in [0.25, 0.3) is 0 Å². The summed E-state index contributed by atoms with van der Waals surface area (Å²) in [6.07, 6.45) is 9.01. The van der Waals surface area contributed by atoms with Crippen LogP contribution in [-0.4, -0.2) is 60.5 Å². The van der Waals surface area contributed by atoms with E-state index in [1.54, 1.807) is 0 Å². The summed E-state index contributed by atoms with van der Waals surface area (Å²) < 4.78 is 5.75. The Kier molecular flexibility index (Phi) is 4.74. The van der Waals surface area contributed by atoms with E-state index in [-0.39, 0.29) is 6.10 Å². The van der Waals surface area contributed by atoms with Crippen LogP contribution in [-0.2, 0) is 4.74 Å². The molecule has 4 heteroatoms. The van der Waals surface area contributed by atoms with Crippen LogP contribution in [0.1, 0.15) is 44.9 Å². The van der Waals surface area contributed by atoms with Gasteiger partial charge in [-0.15, -0.1) is 0 Å². The molecule has 1 heterocycles. The fourth-order valence-corrected chi connectivity index (χ4v) is 3.39. The zero-order valence-corrected chi connectivity index (χ0v) is 11.9. The molecule has 3 fully saturated rings. The fraction of sp³-hybridized carbons (Fsp3) is 1.00. The van der Waals surface area contributed by atoms with E-state index in [1.165, 1.54) is 58.0 Å². The summed E-state index contributed by atoms with van der Waals surface area (Å²) in [7, 11) is 0. The Morgan fingerprint density at radius 1 is 1.16 bits per heavy atom. The topological polar surface area (TPSA) is 44.7 Å². The van der Waals surface area contributed by atoms with Gasteiger partial charge < -0.3 is 15.2 Å². The maximum Gasteiger partial charge on any atom is 0.0897 e. The highest BCUT2D eigenvalue weighted by molar-refractivity contribution is 4.92. The van der Waals surface area contributed by atoms with Gasteiger partial charge >= 0.3 is 0 Å². The molecule has 0 radical (unpaired) electrons. The minimum Gasteiger partial charge on any atom is -0.389 e. The Labute approximate surface area is 116 Å². The standard InChI is InChI=1S/C15H28N2O2/c18-14(11-19-15-3-1-2-4-15)9-16-12-7-8-17(10-12)13-5-6-13/h12-16,18H,1-11H2. The number of rotatable bonds is 7. The monoisotopic (exact) mass is 268 g/mol. The van der Waals surface area contributed by atoms with Gasteiger partial charge in [0.2, 0.25) is 0 Å². The molecule has 3 rings (SSSR count). The van der Waals surface area contributed by atoms with Crippen molar-refractivity contribution in [1.82, 2.24) is 10.2 Å². The number of likely N-dealkylation sites (tertiary alicyclic amines) is 1. The van der Waals surface area contributed by atoms with E-state index < -0.39 is 0 Å². The lowest BCUT2D eigenvalue weighted by Crippen LogP contribution is -2.39. The van der Waals surface area contributed by atoms with Crippen LogP contribution >= 0.6 is 0 Å². The highest BCUT2D eigenvalue weighted by Crippen LogP contribution is 2.29. The first-order chi connectivity index (χ1) is 9.31. The first-order valence-electron chi connectivity index (χ1n) is 8.08. The largest absolute Gasteiger partial charge is 0.389 e. The van der Waals surface area contributed by atoms with Crippen LogP contribution in [0.3, 0.4) is 0 Å². The molecule has 0 aromatic heterocycles. The normalized spacial score (nSPS) is 31.1. The maximum atomic E-state index is 9.96. The molecule has 2 aliphatic carbocycles. The molecule has 3 aliphatic rings. The van der Waals surface area contributed by atoms with E-state index in [0.29, 0.717) is 25.3 Å². The molecule has 110 valence electrons. The number of nitrogens with zero attached hydrogens (tertiary/aromatic N) is 1. The van der Waals surface area contributed by atoms with Crippen molar-refractivity contribution in [3.63, 3.8) is 0 Å². The molecule has 0 amide bonds. The van der Waals surface area contributed by atoms with Crippen LogP contribution in [0.4, 0.5) is 0 Å². The van der Waals surface area contributed by atoms with Crippen molar-refractivity contribution in [3.8, 4) is 0 Å². The van der Waals surface area contributed by atoms with Gasteiger partial charge in [-0.25, -0.2) is 0 Å². The van der Waals surface area contributed by atoms with Crippen LogP contribution in [0, 0.1) is 0 Å². The molecule has 1 aliphatic heterocycles. The van der Waals surface area contributed by atoms with Crippen LogP contribution < -0.4 is 5.32 Å². The van der Waals surface area contributed by atoms with E-state index in [4.69, 9.17) is 4.74 Å². The van der Waals surface area contributed by atoms with Crippen LogP contribution in [0.15, 0.2) is 0 Å². The smallest absolute Gasteiger partial charge is 0.0897 e. The van der Waals surface area contributed by atoms with E-state index >= 15 is 0 Å². The molecule has 2 atom stereocenters. The Morgan fingerprint density at radius 3 is 2.68 bits per heavy atom. The van der Waals surface area contributed by atoms with Gasteiger partial charge in [0.1, 0.15) is 0 Å². The zero-order valence-electron chi connectivity index (χ0n) is 11.9. The molecule has 2 N–H and O–H groups in total. The maximum absolute atomic E-state index is 9.96. The molecule has 0 spiro atoms. The third-order valence-corrected chi connectivity index (χ3v) is 4.75. The number of nitrogens with one attached hydrogen (secondary N) is 1. The summed E-state index contributed by atoms with van der Waals surface area (Å²) in [5.74, 6) is 0. The Morgan fingerprint density at radius 2 is 1.95 bits per heavy atom. The van der Waals surface area contributed by atoms with Crippen molar-refractivity contribution >= 4 is 0 Å². The number of aliphatic hydroxyl groups is 1. The second-order valence-electron chi connectivity index (χ2n) is 6.51. The van der Waals surface area contributed by atoms with Crippen molar-refractivity contribution < 1.29 is 9.84 Å². The molecule has 0 bridgehead atoms. The number of aliphatic hydroxyl groups excluding tert-OH is 1. The lowest BCUT2D eigenvalue weighted by atomic mass is 10.2. The zero-order chi connectivity index (χ0) is 13.1. The van der Waals surface area contributed by atoms with Crippen molar-refractivity contribution in [2.75, 3.05) is 26.2 Å². The predicted octanol–water partition coefficient (Wildman–Crippen LogP) is 1.13. The third kappa shape index (κ3) is 4.15. The van der Waals surface area contributed by atoms with Crippen LogP contribution in [0.2, 0.25) is 0 Å². The summed E-state index contributed by atoms with van der Waals surface area (Å²) in [6.45, 7) is 3.57. The van der Waals surface area contributed by atoms with E-state index in [9.17, 15) is 5.11 Å². The van der Waals surface area contributed by atoms with Crippen molar-refractivity contribution in [3.05, 3.63) is 0 Å². The number of ether oxygens (including phenoxy) is 1. The SMILES string of the molecule is OC(CNC1CCN(C2CC2)C1)COC1CCCC1. The average Bonchev–Trinajstić information content (AvgIpc) is 2.95. The quantitative estimate of drug-likeness (QED) is 0.726. The summed E-state index contributed by atoms with van der Waals surface area (Å²) >= 11 is 0. The minimum absolute atomic E-state index is 0.351. The average molecular weight is 268 g/mol. The summed E-state index contributed by atoms with van der Waals surface area (Å²) in [5, 5.41) is 13.5. The van der Waals surface area contributed by atoms with Gasteiger partial charge in [0.05, 0.1) is 18.8 Å². The van der Waals surface area contributed by atoms with Gasteiger partial charge in [-0.1, -0.05) is 12.8 Å². The molecule has 2 unspecified atom stereocenters. The molecule has 4 nitrogen and oxygen atoms in total. The van der Waals surface area contributed by atoms with Gasteiger partial charge in [0.15, 0.2) is 0 Å². The molecular weight excluding hydrogens is 240 g/mol. The predicted molar refractivity (Wildman–Crippen MR) is 75.2 cm³/mol. The molecular formula is C15H28N2O2. The second kappa shape index (κ2) is 6.53. The van der Waals surface area contributed by atoms with E-state index in [1.807, 2.05) is 0 Å². The lowest BCUT2D eigenvalue weighted by molar-refractivity contribution is -0.00614. The first kappa shape index (κ1) is 13.8. The van der Waals surface area contributed by atoms with Gasteiger partial charge in [-0.2, -0.15) is 0 Å². The molecule has 2 saturated carbocycles. The fourth-order valence-electron chi connectivity index (χ4n) is 3.39. The number of hydrogen-bond acceptors (Lipinski definition) is 4. The third-order valence-electron chi connectivity index (χ3n) is 4.75. The van der Waals surface area contributed by atoms with Gasteiger partial charge in [-0.05, 0) is 32.1 Å². The highest BCUT2D eigenvalue weighted by atomic mass is 16.5. The molecule has 0 aromatic rings. The van der Waals surface area contributed by atoms with Crippen LogP contribution in [0.5, 0.6) is 0 Å². The molecule has 0 aromatic carbocycles. The van der Waals surface area contributed by atoms with Crippen molar-refractivity contribution in [2.45, 2.75) is 69.2 Å². The summed E-state index contributed by atoms with van der Waals surface area (Å²) in [5.41, 5.74) is 0. The van der Waals surface area contributed by atoms with Gasteiger partial charge in [-0.3, -0.25) is 4.90 Å². The Bertz CT molecular complexity index is 277. The van der Waals surface area contributed by atoms with Crippen molar-refractivity contribution in [2.24, 2.45) is 0 Å². The molecule has 1 saturated heterocycles. The molecule has 19 heavy (non-hydrogen) atoms. The van der Waals surface area contributed by atoms with Gasteiger partial charge in [0.25, 0.3) is 0 Å². The highest BCUT2D eigenvalue weighted by Gasteiger charge is 2.34. The summed E-state index contributed by atoms with van der Waals surface area (Å²) in [6, 6.07) is 1.45. The summed E-state index contributed by atoms with van der Waals surface area (Å²) in [4.78, 5) is 2.60. The Hall–Kier alpha value is -0.160. The van der Waals surface area contributed by atoms with Gasteiger partial charge in [0, 0.05) is 31.7 Å². The van der Waals surface area contributed by atoms with E-state index in [2.05, 4.69) is 10.2 Å². The minimum atomic E-state index is -0.351. The van der Waals surface area contributed by atoms with E-state index in [0.717, 1.165) is 6.04 Å². The lowest BCUT2D eigenvalue weighted by Gasteiger charge is -2.19. The van der Waals surface area contributed by atoms with Crippen molar-refractivity contribution in [1.29, 1.82) is 0 Å². The Balaban J connectivity index is 1.26. The first-order valence-corrected chi connectivity index (χ1v) is 8.08.